The third-order valence-corrected chi connectivity index (χ3v) is 4.42. The normalized spacial score (nSPS) is 12.6. The van der Waals surface area contributed by atoms with Crippen LogP contribution in [0.25, 0.3) is 22.1 Å². The minimum Gasteiger partial charge on any atom is -0.460 e. The van der Waals surface area contributed by atoms with Gasteiger partial charge in [0.05, 0.1) is 0 Å². The van der Waals surface area contributed by atoms with Crippen LogP contribution in [0.5, 0.6) is 0 Å². The Morgan fingerprint density at radius 1 is 0.680 bits per heavy atom. The number of hydrogen-bond acceptors (Lipinski definition) is 3. The van der Waals surface area contributed by atoms with E-state index < -0.39 is 0 Å². The SMILES string of the molecule is c1ccc(C(c2cc3ccccc3o2)c2nc3ccccc3o2)cc1. The van der Waals surface area contributed by atoms with E-state index >= 15 is 0 Å². The third kappa shape index (κ3) is 2.41. The van der Waals surface area contributed by atoms with Crippen molar-refractivity contribution in [3.8, 4) is 0 Å². The summed E-state index contributed by atoms with van der Waals surface area (Å²) in [5, 5.41) is 1.08. The van der Waals surface area contributed by atoms with Gasteiger partial charge in [0.2, 0.25) is 5.89 Å². The summed E-state index contributed by atoms with van der Waals surface area (Å²) in [5.74, 6) is 1.30. The summed E-state index contributed by atoms with van der Waals surface area (Å²) in [6.07, 6.45) is 0. The van der Waals surface area contributed by atoms with Crippen LogP contribution in [0.4, 0.5) is 0 Å². The molecule has 1 unspecified atom stereocenters. The van der Waals surface area contributed by atoms with E-state index in [0.29, 0.717) is 5.89 Å². The van der Waals surface area contributed by atoms with E-state index in [2.05, 4.69) is 24.3 Å². The van der Waals surface area contributed by atoms with Gasteiger partial charge < -0.3 is 8.83 Å². The number of benzene rings is 3. The minimum absolute atomic E-state index is 0.180. The average Bonchev–Trinajstić information content (AvgIpc) is 3.26. The third-order valence-electron chi connectivity index (χ3n) is 4.42. The Balaban J connectivity index is 1.73. The number of oxazole rings is 1. The maximum atomic E-state index is 6.14. The van der Waals surface area contributed by atoms with Gasteiger partial charge in [-0.1, -0.05) is 60.7 Å². The summed E-state index contributed by atoms with van der Waals surface area (Å²) in [6, 6.07) is 28.1. The molecule has 3 nitrogen and oxygen atoms in total. The fourth-order valence-corrected chi connectivity index (χ4v) is 3.23. The van der Waals surface area contributed by atoms with Crippen molar-refractivity contribution in [2.45, 2.75) is 5.92 Å². The Kier molecular flexibility index (Phi) is 3.17. The first-order chi connectivity index (χ1) is 12.4. The van der Waals surface area contributed by atoms with E-state index in [4.69, 9.17) is 13.8 Å². The lowest BCUT2D eigenvalue weighted by Crippen LogP contribution is -2.02. The zero-order valence-corrected chi connectivity index (χ0v) is 13.4. The maximum absolute atomic E-state index is 6.14. The second kappa shape index (κ2) is 5.64. The van der Waals surface area contributed by atoms with Gasteiger partial charge in [0.25, 0.3) is 0 Å². The van der Waals surface area contributed by atoms with E-state index in [9.17, 15) is 0 Å². The molecule has 0 aliphatic heterocycles. The molecule has 2 heterocycles. The van der Waals surface area contributed by atoms with Gasteiger partial charge in [0.1, 0.15) is 22.8 Å². The molecule has 0 bridgehead atoms. The van der Waals surface area contributed by atoms with Crippen LogP contribution in [0.1, 0.15) is 23.1 Å². The lowest BCUT2D eigenvalue weighted by Gasteiger charge is -2.11. The van der Waals surface area contributed by atoms with Crippen LogP contribution >= 0.6 is 0 Å². The van der Waals surface area contributed by atoms with Gasteiger partial charge in [-0.05, 0) is 29.8 Å². The topological polar surface area (TPSA) is 39.2 Å². The highest BCUT2D eigenvalue weighted by molar-refractivity contribution is 5.78. The Morgan fingerprint density at radius 2 is 1.40 bits per heavy atom. The summed E-state index contributed by atoms with van der Waals surface area (Å²) >= 11 is 0. The van der Waals surface area contributed by atoms with E-state index in [1.807, 2.05) is 60.7 Å². The van der Waals surface area contributed by atoms with Crippen molar-refractivity contribution in [2.24, 2.45) is 0 Å². The van der Waals surface area contributed by atoms with Gasteiger partial charge >= 0.3 is 0 Å². The highest BCUT2D eigenvalue weighted by Gasteiger charge is 2.26. The fraction of sp³-hybridized carbons (Fsp3) is 0.0455. The molecule has 0 saturated carbocycles. The largest absolute Gasteiger partial charge is 0.460 e. The first kappa shape index (κ1) is 14.1. The first-order valence-corrected chi connectivity index (χ1v) is 8.27. The molecule has 0 spiro atoms. The average molecular weight is 325 g/mol. The van der Waals surface area contributed by atoms with E-state index in [-0.39, 0.29) is 5.92 Å². The van der Waals surface area contributed by atoms with E-state index in [1.165, 1.54) is 0 Å². The zero-order valence-electron chi connectivity index (χ0n) is 13.4. The molecule has 25 heavy (non-hydrogen) atoms. The summed E-state index contributed by atoms with van der Waals surface area (Å²) in [4.78, 5) is 4.71. The zero-order chi connectivity index (χ0) is 16.6. The predicted octanol–water partition coefficient (Wildman–Crippen LogP) is 5.75. The van der Waals surface area contributed by atoms with Gasteiger partial charge in [-0.3, -0.25) is 0 Å². The summed E-state index contributed by atoms with van der Waals surface area (Å²) in [6.45, 7) is 0. The van der Waals surface area contributed by atoms with Crippen molar-refractivity contribution >= 4 is 22.1 Å². The number of furan rings is 1. The number of rotatable bonds is 3. The molecule has 2 aromatic heterocycles. The second-order valence-corrected chi connectivity index (χ2v) is 6.05. The lowest BCUT2D eigenvalue weighted by molar-refractivity contribution is 0.470. The summed E-state index contributed by atoms with van der Waals surface area (Å²) in [7, 11) is 0. The molecule has 0 aliphatic rings. The van der Waals surface area contributed by atoms with Crippen LogP contribution in [-0.2, 0) is 0 Å². The first-order valence-electron chi connectivity index (χ1n) is 8.27. The Hall–Kier alpha value is -3.33. The predicted molar refractivity (Wildman–Crippen MR) is 97.6 cm³/mol. The molecule has 120 valence electrons. The number of fused-ring (bicyclic) bond motifs is 2. The van der Waals surface area contributed by atoms with Gasteiger partial charge in [0, 0.05) is 5.39 Å². The number of hydrogen-bond donors (Lipinski definition) is 0. The summed E-state index contributed by atoms with van der Waals surface area (Å²) < 4.78 is 12.2. The Bertz CT molecular complexity index is 1010. The molecule has 1 atom stereocenters. The number of para-hydroxylation sites is 3. The highest BCUT2D eigenvalue weighted by atomic mass is 16.4. The van der Waals surface area contributed by atoms with Gasteiger partial charge in [0.15, 0.2) is 5.58 Å². The fourth-order valence-electron chi connectivity index (χ4n) is 3.23. The molecule has 5 aromatic rings. The van der Waals surface area contributed by atoms with Crippen molar-refractivity contribution in [2.75, 3.05) is 0 Å². The van der Waals surface area contributed by atoms with Crippen molar-refractivity contribution in [3.05, 3.63) is 102 Å². The molecule has 0 saturated heterocycles. The van der Waals surface area contributed by atoms with Crippen molar-refractivity contribution in [3.63, 3.8) is 0 Å². The molecule has 0 N–H and O–H groups in total. The van der Waals surface area contributed by atoms with Crippen LogP contribution in [0.2, 0.25) is 0 Å². The Labute approximate surface area is 144 Å². The molecule has 0 radical (unpaired) electrons. The van der Waals surface area contributed by atoms with E-state index in [0.717, 1.165) is 33.4 Å². The molecular weight excluding hydrogens is 310 g/mol. The van der Waals surface area contributed by atoms with Gasteiger partial charge in [-0.15, -0.1) is 0 Å². The molecule has 3 heteroatoms. The van der Waals surface area contributed by atoms with Crippen LogP contribution < -0.4 is 0 Å². The highest BCUT2D eigenvalue weighted by Crippen LogP contribution is 2.36. The molecule has 0 fully saturated rings. The monoisotopic (exact) mass is 325 g/mol. The number of aromatic nitrogens is 1. The molecule has 5 rings (SSSR count). The van der Waals surface area contributed by atoms with Crippen LogP contribution in [0.3, 0.4) is 0 Å². The van der Waals surface area contributed by atoms with Crippen molar-refractivity contribution in [1.82, 2.24) is 4.98 Å². The van der Waals surface area contributed by atoms with Gasteiger partial charge in [-0.2, -0.15) is 0 Å². The van der Waals surface area contributed by atoms with Crippen LogP contribution in [0.15, 0.2) is 93.8 Å². The standard InChI is InChI=1S/C22H15NO2/c1-2-8-15(9-3-1)21(20-14-16-10-4-6-12-18(16)24-20)22-23-17-11-5-7-13-19(17)25-22/h1-14,21H. The minimum atomic E-state index is -0.180. The van der Waals surface area contributed by atoms with Crippen LogP contribution in [0, 0.1) is 0 Å². The molecule has 0 aliphatic carbocycles. The van der Waals surface area contributed by atoms with Crippen molar-refractivity contribution < 1.29 is 8.83 Å². The molecular formula is C22H15NO2. The maximum Gasteiger partial charge on any atom is 0.210 e. The summed E-state index contributed by atoms with van der Waals surface area (Å²) in [5.41, 5.74) is 3.60. The Morgan fingerprint density at radius 3 is 2.20 bits per heavy atom. The number of nitrogens with zero attached hydrogens (tertiary/aromatic N) is 1. The van der Waals surface area contributed by atoms with Crippen LogP contribution in [-0.4, -0.2) is 4.98 Å². The van der Waals surface area contributed by atoms with E-state index in [1.54, 1.807) is 0 Å². The lowest BCUT2D eigenvalue weighted by atomic mass is 9.96. The quantitative estimate of drug-likeness (QED) is 0.424. The molecule has 3 aromatic carbocycles. The second-order valence-electron chi connectivity index (χ2n) is 6.05. The van der Waals surface area contributed by atoms with Crippen molar-refractivity contribution in [1.29, 1.82) is 0 Å². The molecule has 0 amide bonds. The van der Waals surface area contributed by atoms with Gasteiger partial charge in [-0.25, -0.2) is 4.98 Å². The smallest absolute Gasteiger partial charge is 0.210 e.